The highest BCUT2D eigenvalue weighted by atomic mass is 16.6. The summed E-state index contributed by atoms with van der Waals surface area (Å²) in [5.74, 6) is -0.928. The first-order chi connectivity index (χ1) is 9.40. The second-order valence-corrected chi connectivity index (χ2v) is 4.75. The summed E-state index contributed by atoms with van der Waals surface area (Å²) in [6.07, 6.45) is 0. The minimum Gasteiger partial charge on any atom is -0.480 e. The van der Waals surface area contributed by atoms with Crippen molar-refractivity contribution in [3.8, 4) is 0 Å². The molecule has 0 amide bonds. The van der Waals surface area contributed by atoms with E-state index >= 15 is 0 Å². The van der Waals surface area contributed by atoms with Gasteiger partial charge in [-0.1, -0.05) is 0 Å². The number of carboxylic acids is 1. The maximum Gasteiger partial charge on any atom is 0.323 e. The fourth-order valence-corrected chi connectivity index (χ4v) is 2.25. The Hall–Kier alpha value is -2.51. The summed E-state index contributed by atoms with van der Waals surface area (Å²) in [6.45, 7) is 0.974. The van der Waals surface area contributed by atoms with Crippen LogP contribution >= 0.6 is 0 Å². The van der Waals surface area contributed by atoms with Crippen LogP contribution in [0.2, 0.25) is 0 Å². The number of nitro groups is 1. The lowest BCUT2D eigenvalue weighted by Crippen LogP contribution is -2.37. The summed E-state index contributed by atoms with van der Waals surface area (Å²) < 4.78 is 0. The van der Waals surface area contributed by atoms with E-state index in [1.54, 1.807) is 30.0 Å². The van der Waals surface area contributed by atoms with Crippen LogP contribution in [0, 0.1) is 10.1 Å². The number of carboxylic acid groups (broad SMARTS) is 1. The lowest BCUT2D eigenvalue weighted by Gasteiger charge is -2.31. The van der Waals surface area contributed by atoms with Crippen LogP contribution in [0.25, 0.3) is 0 Å². The molecule has 1 aromatic rings. The first-order valence-electron chi connectivity index (χ1n) is 6.10. The normalized spacial score (nSPS) is 13.4. The van der Waals surface area contributed by atoms with E-state index in [9.17, 15) is 14.9 Å². The van der Waals surface area contributed by atoms with Gasteiger partial charge in [0.1, 0.15) is 12.2 Å². The maximum atomic E-state index is 11.1. The highest BCUT2D eigenvalue weighted by Gasteiger charge is 2.25. The molecule has 1 aromatic carbocycles. The van der Waals surface area contributed by atoms with Crippen LogP contribution < -0.4 is 15.1 Å². The summed E-state index contributed by atoms with van der Waals surface area (Å²) in [5, 5.41) is 23.1. The van der Waals surface area contributed by atoms with Gasteiger partial charge in [0, 0.05) is 33.3 Å². The Morgan fingerprint density at radius 1 is 1.55 bits per heavy atom. The maximum absolute atomic E-state index is 11.1. The average Bonchev–Trinajstić information content (AvgIpc) is 2.36. The minimum atomic E-state index is -0.928. The standard InChI is InChI=1S/C12H16N4O4/c1-14(2)10-6-9-8(5-11(10)16(19)20)13-3-4-15(9)7-12(17)18/h5-6,13H,3-4,7H2,1-2H3,(H,17,18). The molecule has 2 N–H and O–H groups in total. The number of rotatable bonds is 4. The number of carbonyl (C=O) groups is 1. The predicted molar refractivity (Wildman–Crippen MR) is 75.8 cm³/mol. The molecule has 0 saturated heterocycles. The number of nitrogens with one attached hydrogen (secondary N) is 1. The quantitative estimate of drug-likeness (QED) is 0.626. The molecule has 0 atom stereocenters. The smallest absolute Gasteiger partial charge is 0.323 e. The van der Waals surface area contributed by atoms with Crippen LogP contribution in [0.3, 0.4) is 0 Å². The van der Waals surface area contributed by atoms with Crippen LogP contribution in [0.15, 0.2) is 12.1 Å². The molecule has 108 valence electrons. The molecule has 0 aromatic heterocycles. The lowest BCUT2D eigenvalue weighted by atomic mass is 10.1. The molecule has 1 aliphatic heterocycles. The molecule has 8 heteroatoms. The van der Waals surface area contributed by atoms with Crippen molar-refractivity contribution in [2.45, 2.75) is 0 Å². The van der Waals surface area contributed by atoms with Gasteiger partial charge in [-0.15, -0.1) is 0 Å². The summed E-state index contributed by atoms with van der Waals surface area (Å²) in [6, 6.07) is 3.11. The fourth-order valence-electron chi connectivity index (χ4n) is 2.25. The van der Waals surface area contributed by atoms with Crippen molar-refractivity contribution < 1.29 is 14.8 Å². The van der Waals surface area contributed by atoms with E-state index in [1.165, 1.54) is 6.07 Å². The third kappa shape index (κ3) is 2.58. The van der Waals surface area contributed by atoms with E-state index in [0.717, 1.165) is 0 Å². The SMILES string of the molecule is CN(C)c1cc2c(cc1[N+](=O)[O-])NCCN2CC(=O)O. The van der Waals surface area contributed by atoms with Crippen LogP contribution in [0.4, 0.5) is 22.7 Å². The highest BCUT2D eigenvalue weighted by Crippen LogP contribution is 2.39. The average molecular weight is 280 g/mol. The van der Waals surface area contributed by atoms with E-state index in [0.29, 0.717) is 30.2 Å². The van der Waals surface area contributed by atoms with Crippen molar-refractivity contribution in [2.75, 3.05) is 48.8 Å². The van der Waals surface area contributed by atoms with Crippen LogP contribution in [0.1, 0.15) is 0 Å². The first-order valence-corrected chi connectivity index (χ1v) is 6.10. The zero-order valence-corrected chi connectivity index (χ0v) is 11.3. The number of anilines is 3. The molecule has 0 aliphatic carbocycles. The molecule has 0 bridgehead atoms. The molecule has 0 radical (unpaired) electrons. The van der Waals surface area contributed by atoms with Crippen molar-refractivity contribution in [1.82, 2.24) is 0 Å². The number of nitrogens with zero attached hydrogens (tertiary/aromatic N) is 3. The van der Waals surface area contributed by atoms with Gasteiger partial charge in [0.2, 0.25) is 0 Å². The molecule has 0 unspecified atom stereocenters. The van der Waals surface area contributed by atoms with E-state index in [4.69, 9.17) is 5.11 Å². The Kier molecular flexibility index (Phi) is 3.64. The second kappa shape index (κ2) is 5.24. The molecule has 1 heterocycles. The molecular formula is C12H16N4O4. The monoisotopic (exact) mass is 280 g/mol. The van der Waals surface area contributed by atoms with E-state index < -0.39 is 10.9 Å². The van der Waals surface area contributed by atoms with Crippen molar-refractivity contribution in [3.63, 3.8) is 0 Å². The van der Waals surface area contributed by atoms with E-state index in [2.05, 4.69) is 5.32 Å². The molecule has 0 saturated carbocycles. The Balaban J connectivity index is 2.51. The van der Waals surface area contributed by atoms with Gasteiger partial charge < -0.3 is 20.2 Å². The van der Waals surface area contributed by atoms with Gasteiger partial charge in [-0.3, -0.25) is 14.9 Å². The number of fused-ring (bicyclic) bond motifs is 1. The van der Waals surface area contributed by atoms with Gasteiger partial charge in [-0.25, -0.2) is 0 Å². The summed E-state index contributed by atoms with van der Waals surface area (Å²) in [4.78, 5) is 24.9. The Morgan fingerprint density at radius 3 is 2.80 bits per heavy atom. The number of aliphatic carboxylic acids is 1. The van der Waals surface area contributed by atoms with E-state index in [1.807, 2.05) is 0 Å². The zero-order valence-electron chi connectivity index (χ0n) is 11.3. The number of hydrogen-bond donors (Lipinski definition) is 2. The van der Waals surface area contributed by atoms with Crippen LogP contribution in [-0.2, 0) is 4.79 Å². The van der Waals surface area contributed by atoms with Crippen molar-refractivity contribution in [3.05, 3.63) is 22.2 Å². The molecule has 8 nitrogen and oxygen atoms in total. The highest BCUT2D eigenvalue weighted by molar-refractivity contribution is 5.85. The molecular weight excluding hydrogens is 264 g/mol. The van der Waals surface area contributed by atoms with Gasteiger partial charge in [0.15, 0.2) is 0 Å². The number of hydrogen-bond acceptors (Lipinski definition) is 6. The van der Waals surface area contributed by atoms with Gasteiger partial charge >= 0.3 is 5.97 Å². The molecule has 0 fully saturated rings. The summed E-state index contributed by atoms with van der Waals surface area (Å²) in [5.41, 5.74) is 1.72. The van der Waals surface area contributed by atoms with Gasteiger partial charge in [0.25, 0.3) is 5.69 Å². The Morgan fingerprint density at radius 2 is 2.25 bits per heavy atom. The van der Waals surface area contributed by atoms with E-state index in [-0.39, 0.29) is 12.2 Å². The van der Waals surface area contributed by atoms with Crippen LogP contribution in [0.5, 0.6) is 0 Å². The first kappa shape index (κ1) is 13.9. The molecule has 2 rings (SSSR count). The van der Waals surface area contributed by atoms with Crippen molar-refractivity contribution in [1.29, 1.82) is 0 Å². The zero-order chi connectivity index (χ0) is 14.9. The summed E-state index contributed by atoms with van der Waals surface area (Å²) in [7, 11) is 3.43. The second-order valence-electron chi connectivity index (χ2n) is 4.75. The lowest BCUT2D eigenvalue weighted by molar-refractivity contribution is -0.384. The fraction of sp³-hybridized carbons (Fsp3) is 0.417. The third-order valence-corrected chi connectivity index (χ3v) is 3.14. The molecule has 20 heavy (non-hydrogen) atoms. The van der Waals surface area contributed by atoms with Crippen molar-refractivity contribution >= 4 is 28.7 Å². The van der Waals surface area contributed by atoms with Gasteiger partial charge in [-0.05, 0) is 6.07 Å². The molecule has 0 spiro atoms. The van der Waals surface area contributed by atoms with Gasteiger partial charge in [-0.2, -0.15) is 0 Å². The Bertz CT molecular complexity index is 559. The largest absolute Gasteiger partial charge is 0.480 e. The van der Waals surface area contributed by atoms with Crippen LogP contribution in [-0.4, -0.2) is 49.7 Å². The number of nitro benzene ring substituents is 1. The third-order valence-electron chi connectivity index (χ3n) is 3.14. The van der Waals surface area contributed by atoms with Crippen molar-refractivity contribution in [2.24, 2.45) is 0 Å². The topological polar surface area (TPSA) is 99.0 Å². The number of benzene rings is 1. The van der Waals surface area contributed by atoms with Gasteiger partial charge in [0.05, 0.1) is 16.3 Å². The minimum absolute atomic E-state index is 0.00146. The predicted octanol–water partition coefficient (Wildman–Crippen LogP) is 0.977. The summed E-state index contributed by atoms with van der Waals surface area (Å²) >= 11 is 0. The molecule has 1 aliphatic rings. The Labute approximate surface area is 115 Å².